The Morgan fingerprint density at radius 3 is 2.80 bits per heavy atom. The average molecular weight is 341 g/mol. The summed E-state index contributed by atoms with van der Waals surface area (Å²) in [6.45, 7) is 4.77. The SMILES string of the molecule is CCn1nc(C)c(Br)c1COC(=O)c1cc(N)cn1C. The third-order valence-electron chi connectivity index (χ3n) is 3.03. The van der Waals surface area contributed by atoms with E-state index in [0.717, 1.165) is 22.4 Å². The number of halogens is 1. The number of hydrogen-bond donors (Lipinski definition) is 1. The summed E-state index contributed by atoms with van der Waals surface area (Å²) in [4.78, 5) is 12.0. The van der Waals surface area contributed by atoms with Crippen LogP contribution < -0.4 is 5.73 Å². The molecule has 0 unspecified atom stereocenters. The monoisotopic (exact) mass is 340 g/mol. The standard InChI is InChI=1S/C13H17BrN4O2/c1-4-18-11(12(14)8(2)16-18)7-20-13(19)10-5-9(15)6-17(10)3/h5-6H,4,7,15H2,1-3H3. The first-order chi connectivity index (χ1) is 9.43. The van der Waals surface area contributed by atoms with Crippen LogP contribution in [0.15, 0.2) is 16.7 Å². The fourth-order valence-corrected chi connectivity index (χ4v) is 2.41. The predicted octanol–water partition coefficient (Wildman–Crippen LogP) is 2.25. The zero-order chi connectivity index (χ0) is 14.9. The summed E-state index contributed by atoms with van der Waals surface area (Å²) >= 11 is 3.47. The van der Waals surface area contributed by atoms with Crippen molar-refractivity contribution in [2.45, 2.75) is 27.0 Å². The Hall–Kier alpha value is -1.76. The highest BCUT2D eigenvalue weighted by molar-refractivity contribution is 9.10. The van der Waals surface area contributed by atoms with Gasteiger partial charge in [0.1, 0.15) is 12.3 Å². The number of aryl methyl sites for hydroxylation is 3. The van der Waals surface area contributed by atoms with Crippen LogP contribution in [0, 0.1) is 6.92 Å². The lowest BCUT2D eigenvalue weighted by Gasteiger charge is -2.07. The highest BCUT2D eigenvalue weighted by Gasteiger charge is 2.17. The summed E-state index contributed by atoms with van der Waals surface area (Å²) in [5, 5.41) is 4.35. The molecule has 0 spiro atoms. The number of carbonyl (C=O) groups is 1. The van der Waals surface area contributed by atoms with E-state index in [-0.39, 0.29) is 6.61 Å². The van der Waals surface area contributed by atoms with Gasteiger partial charge >= 0.3 is 5.97 Å². The van der Waals surface area contributed by atoms with Crippen LogP contribution in [-0.2, 0) is 24.9 Å². The molecule has 2 aromatic rings. The van der Waals surface area contributed by atoms with Crippen molar-refractivity contribution in [2.24, 2.45) is 7.05 Å². The Morgan fingerprint density at radius 2 is 2.25 bits per heavy atom. The number of rotatable bonds is 4. The number of ether oxygens (including phenoxy) is 1. The van der Waals surface area contributed by atoms with Crippen molar-refractivity contribution in [1.29, 1.82) is 0 Å². The largest absolute Gasteiger partial charge is 0.454 e. The molecule has 2 N–H and O–H groups in total. The first-order valence-electron chi connectivity index (χ1n) is 6.24. The van der Waals surface area contributed by atoms with Gasteiger partial charge in [-0.2, -0.15) is 5.10 Å². The molecule has 0 radical (unpaired) electrons. The van der Waals surface area contributed by atoms with Crippen molar-refractivity contribution in [2.75, 3.05) is 5.73 Å². The maximum absolute atomic E-state index is 12.0. The maximum Gasteiger partial charge on any atom is 0.355 e. The molecule has 2 aromatic heterocycles. The van der Waals surface area contributed by atoms with E-state index in [1.807, 2.05) is 18.5 Å². The van der Waals surface area contributed by atoms with E-state index in [1.165, 1.54) is 0 Å². The van der Waals surface area contributed by atoms with Gasteiger partial charge in [0.2, 0.25) is 0 Å². The summed E-state index contributed by atoms with van der Waals surface area (Å²) in [6, 6.07) is 1.60. The molecule has 0 aliphatic heterocycles. The molecule has 0 atom stereocenters. The Kier molecular flexibility index (Phi) is 4.17. The number of nitrogens with two attached hydrogens (primary N) is 1. The van der Waals surface area contributed by atoms with Gasteiger partial charge in [-0.15, -0.1) is 0 Å². The minimum absolute atomic E-state index is 0.166. The van der Waals surface area contributed by atoms with Crippen LogP contribution in [0.4, 0.5) is 5.69 Å². The maximum atomic E-state index is 12.0. The number of hydrogen-bond acceptors (Lipinski definition) is 4. The predicted molar refractivity (Wildman–Crippen MR) is 79.3 cm³/mol. The summed E-state index contributed by atoms with van der Waals surface area (Å²) in [6.07, 6.45) is 1.67. The number of anilines is 1. The summed E-state index contributed by atoms with van der Waals surface area (Å²) in [5.41, 5.74) is 8.34. The zero-order valence-corrected chi connectivity index (χ0v) is 13.3. The molecular weight excluding hydrogens is 324 g/mol. The fourth-order valence-electron chi connectivity index (χ4n) is 2.01. The molecule has 0 aliphatic rings. The number of carbonyl (C=O) groups excluding carboxylic acids is 1. The normalized spacial score (nSPS) is 10.8. The molecule has 7 heteroatoms. The van der Waals surface area contributed by atoms with Crippen LogP contribution in [0.3, 0.4) is 0 Å². The van der Waals surface area contributed by atoms with Crippen molar-refractivity contribution in [1.82, 2.24) is 14.3 Å². The van der Waals surface area contributed by atoms with Crippen LogP contribution in [0.2, 0.25) is 0 Å². The quantitative estimate of drug-likeness (QED) is 0.866. The highest BCUT2D eigenvalue weighted by atomic mass is 79.9. The van der Waals surface area contributed by atoms with E-state index in [9.17, 15) is 4.79 Å². The number of nitrogen functional groups attached to an aromatic ring is 1. The minimum Gasteiger partial charge on any atom is -0.454 e. The molecule has 0 aliphatic carbocycles. The Labute approximate surface area is 125 Å². The van der Waals surface area contributed by atoms with Gasteiger partial charge in [-0.3, -0.25) is 4.68 Å². The first kappa shape index (κ1) is 14.6. The van der Waals surface area contributed by atoms with Gasteiger partial charge in [0, 0.05) is 19.8 Å². The zero-order valence-electron chi connectivity index (χ0n) is 11.7. The lowest BCUT2D eigenvalue weighted by Crippen LogP contribution is -2.12. The summed E-state index contributed by atoms with van der Waals surface area (Å²) in [5.74, 6) is -0.405. The lowest BCUT2D eigenvalue weighted by atomic mass is 10.3. The van der Waals surface area contributed by atoms with E-state index in [0.29, 0.717) is 11.4 Å². The average Bonchev–Trinajstić information content (AvgIpc) is 2.88. The second kappa shape index (κ2) is 5.70. The Morgan fingerprint density at radius 1 is 1.55 bits per heavy atom. The van der Waals surface area contributed by atoms with Gasteiger partial charge < -0.3 is 15.0 Å². The molecule has 20 heavy (non-hydrogen) atoms. The van der Waals surface area contributed by atoms with Crippen LogP contribution in [0.1, 0.15) is 28.8 Å². The number of nitrogens with zero attached hydrogens (tertiary/aromatic N) is 3. The van der Waals surface area contributed by atoms with Crippen molar-refractivity contribution in [3.63, 3.8) is 0 Å². The lowest BCUT2D eigenvalue weighted by molar-refractivity contribution is 0.0450. The highest BCUT2D eigenvalue weighted by Crippen LogP contribution is 2.22. The smallest absolute Gasteiger partial charge is 0.355 e. The molecule has 0 saturated carbocycles. The molecule has 6 nitrogen and oxygen atoms in total. The first-order valence-corrected chi connectivity index (χ1v) is 7.04. The number of aromatic nitrogens is 3. The van der Waals surface area contributed by atoms with Gasteiger partial charge in [-0.1, -0.05) is 0 Å². The van der Waals surface area contributed by atoms with Crippen molar-refractivity contribution < 1.29 is 9.53 Å². The van der Waals surface area contributed by atoms with Gasteiger partial charge in [0.25, 0.3) is 0 Å². The van der Waals surface area contributed by atoms with Crippen molar-refractivity contribution in [3.05, 3.63) is 33.8 Å². The molecule has 0 saturated heterocycles. The Bertz CT molecular complexity index is 645. The molecular formula is C13H17BrN4O2. The molecule has 0 fully saturated rings. The molecule has 108 valence electrons. The molecule has 0 bridgehead atoms. The van der Waals surface area contributed by atoms with Crippen LogP contribution >= 0.6 is 15.9 Å². The van der Waals surface area contributed by atoms with Gasteiger partial charge in [0.15, 0.2) is 0 Å². The third kappa shape index (κ3) is 2.72. The molecule has 2 heterocycles. The van der Waals surface area contributed by atoms with E-state index < -0.39 is 5.97 Å². The third-order valence-corrected chi connectivity index (χ3v) is 4.06. The number of esters is 1. The van der Waals surface area contributed by atoms with Crippen molar-refractivity contribution >= 4 is 27.6 Å². The second-order valence-corrected chi connectivity index (χ2v) is 5.30. The molecule has 0 amide bonds. The van der Waals surface area contributed by atoms with Gasteiger partial charge in [-0.05, 0) is 35.8 Å². The summed E-state index contributed by atoms with van der Waals surface area (Å²) < 4.78 is 9.67. The second-order valence-electron chi connectivity index (χ2n) is 4.51. The van der Waals surface area contributed by atoms with E-state index in [4.69, 9.17) is 10.5 Å². The van der Waals surface area contributed by atoms with E-state index in [2.05, 4.69) is 21.0 Å². The Balaban J connectivity index is 2.13. The van der Waals surface area contributed by atoms with E-state index >= 15 is 0 Å². The minimum atomic E-state index is -0.405. The van der Waals surface area contributed by atoms with Crippen LogP contribution in [0.5, 0.6) is 0 Å². The molecule has 0 aromatic carbocycles. The van der Waals surface area contributed by atoms with Gasteiger partial charge in [-0.25, -0.2) is 4.79 Å². The van der Waals surface area contributed by atoms with Crippen LogP contribution in [0.25, 0.3) is 0 Å². The summed E-state index contributed by atoms with van der Waals surface area (Å²) in [7, 11) is 1.75. The van der Waals surface area contributed by atoms with Crippen molar-refractivity contribution in [3.8, 4) is 0 Å². The van der Waals surface area contributed by atoms with E-state index in [1.54, 1.807) is 23.9 Å². The topological polar surface area (TPSA) is 75.1 Å². The van der Waals surface area contributed by atoms with Gasteiger partial charge in [0.05, 0.1) is 21.5 Å². The van der Waals surface area contributed by atoms with Crippen LogP contribution in [-0.4, -0.2) is 20.3 Å². The fraction of sp³-hybridized carbons (Fsp3) is 0.385. The molecule has 2 rings (SSSR count).